The quantitative estimate of drug-likeness (QED) is 0.898. The molecule has 1 unspecified atom stereocenters. The summed E-state index contributed by atoms with van der Waals surface area (Å²) in [5.41, 5.74) is 1.57. The first kappa shape index (κ1) is 17.2. The Bertz CT molecular complexity index is 734. The van der Waals surface area contributed by atoms with E-state index in [1.165, 1.54) is 12.1 Å². The molecule has 0 aromatic heterocycles. The summed E-state index contributed by atoms with van der Waals surface area (Å²) in [6.07, 6.45) is 0.984. The van der Waals surface area contributed by atoms with Gasteiger partial charge in [0.05, 0.1) is 11.7 Å². The Hall–Kier alpha value is -2.66. The summed E-state index contributed by atoms with van der Waals surface area (Å²) < 4.78 is 0. The number of aromatic carboxylic acids is 1. The lowest BCUT2D eigenvalue weighted by molar-refractivity contribution is 0.0462. The second-order valence-electron chi connectivity index (χ2n) is 6.37. The number of carboxylic acid groups (broad SMARTS) is 1. The van der Waals surface area contributed by atoms with Gasteiger partial charge in [-0.2, -0.15) is 0 Å². The standard InChI is InChI=1S/C20H21NO4/c22-18(14-4-2-1-3-5-14)15-10-12-21(13-11-15)19(23)16-6-8-17(9-7-16)20(24)25/h1-9,15,18,22H,10-13H2,(H,24,25). The maximum atomic E-state index is 12.5. The molecule has 130 valence electrons. The van der Waals surface area contributed by atoms with Crippen molar-refractivity contribution in [2.24, 2.45) is 5.92 Å². The Labute approximate surface area is 146 Å². The van der Waals surface area contributed by atoms with Crippen LogP contribution in [0.25, 0.3) is 0 Å². The molecule has 5 heteroatoms. The van der Waals surface area contributed by atoms with Crippen molar-refractivity contribution in [2.45, 2.75) is 18.9 Å². The zero-order valence-corrected chi connectivity index (χ0v) is 13.8. The molecule has 2 aromatic rings. The van der Waals surface area contributed by atoms with E-state index in [4.69, 9.17) is 5.11 Å². The van der Waals surface area contributed by atoms with Crippen LogP contribution in [0, 0.1) is 5.92 Å². The zero-order valence-electron chi connectivity index (χ0n) is 13.8. The average molecular weight is 339 g/mol. The highest BCUT2D eigenvalue weighted by Gasteiger charge is 2.28. The number of hydrogen-bond acceptors (Lipinski definition) is 3. The third kappa shape index (κ3) is 3.88. The largest absolute Gasteiger partial charge is 0.478 e. The molecule has 0 radical (unpaired) electrons. The smallest absolute Gasteiger partial charge is 0.335 e. The van der Waals surface area contributed by atoms with Crippen molar-refractivity contribution in [3.8, 4) is 0 Å². The Morgan fingerprint density at radius 1 is 0.920 bits per heavy atom. The molecular formula is C20H21NO4. The number of hydrogen-bond donors (Lipinski definition) is 2. The molecule has 1 heterocycles. The lowest BCUT2D eigenvalue weighted by atomic mass is 9.87. The van der Waals surface area contributed by atoms with Crippen LogP contribution in [-0.4, -0.2) is 40.1 Å². The molecule has 0 saturated carbocycles. The molecule has 1 fully saturated rings. The van der Waals surface area contributed by atoms with Crippen molar-refractivity contribution in [3.63, 3.8) is 0 Å². The molecule has 0 bridgehead atoms. The molecule has 25 heavy (non-hydrogen) atoms. The fourth-order valence-corrected chi connectivity index (χ4v) is 3.28. The molecular weight excluding hydrogens is 318 g/mol. The number of nitrogens with zero attached hydrogens (tertiary/aromatic N) is 1. The second-order valence-corrected chi connectivity index (χ2v) is 6.37. The molecule has 5 nitrogen and oxygen atoms in total. The van der Waals surface area contributed by atoms with Gasteiger partial charge in [0.1, 0.15) is 0 Å². The fraction of sp³-hybridized carbons (Fsp3) is 0.300. The van der Waals surface area contributed by atoms with Gasteiger partial charge in [-0.05, 0) is 48.6 Å². The molecule has 1 saturated heterocycles. The van der Waals surface area contributed by atoms with E-state index in [-0.39, 0.29) is 17.4 Å². The molecule has 1 amide bonds. The van der Waals surface area contributed by atoms with Crippen LogP contribution in [-0.2, 0) is 0 Å². The summed E-state index contributed by atoms with van der Waals surface area (Å²) >= 11 is 0. The molecule has 0 aliphatic carbocycles. The number of carbonyl (C=O) groups excluding carboxylic acids is 1. The predicted octanol–water partition coefficient (Wildman–Crippen LogP) is 2.97. The Kier molecular flexibility index (Phi) is 5.14. The van der Waals surface area contributed by atoms with Gasteiger partial charge in [-0.3, -0.25) is 4.79 Å². The molecule has 3 rings (SSSR count). The number of amides is 1. The van der Waals surface area contributed by atoms with Gasteiger partial charge in [0.15, 0.2) is 0 Å². The maximum Gasteiger partial charge on any atom is 0.335 e. The van der Waals surface area contributed by atoms with E-state index in [9.17, 15) is 14.7 Å². The lowest BCUT2D eigenvalue weighted by Crippen LogP contribution is -2.39. The van der Waals surface area contributed by atoms with Crippen LogP contribution in [0.5, 0.6) is 0 Å². The molecule has 0 spiro atoms. The minimum atomic E-state index is -1.00. The van der Waals surface area contributed by atoms with Gasteiger partial charge in [-0.1, -0.05) is 30.3 Å². The number of carboxylic acids is 1. The van der Waals surface area contributed by atoms with Crippen molar-refractivity contribution < 1.29 is 19.8 Å². The zero-order chi connectivity index (χ0) is 17.8. The molecule has 2 N–H and O–H groups in total. The SMILES string of the molecule is O=C(O)c1ccc(C(=O)N2CCC(C(O)c3ccccc3)CC2)cc1. The third-order valence-electron chi connectivity index (χ3n) is 4.79. The van der Waals surface area contributed by atoms with E-state index in [1.807, 2.05) is 30.3 Å². The molecule has 1 aliphatic rings. The molecule has 1 atom stereocenters. The van der Waals surface area contributed by atoms with Crippen LogP contribution in [0.3, 0.4) is 0 Å². The predicted molar refractivity (Wildman–Crippen MR) is 93.4 cm³/mol. The summed E-state index contributed by atoms with van der Waals surface area (Å²) in [7, 11) is 0. The number of aliphatic hydroxyl groups is 1. The van der Waals surface area contributed by atoms with Crippen molar-refractivity contribution >= 4 is 11.9 Å². The highest BCUT2D eigenvalue weighted by atomic mass is 16.4. The van der Waals surface area contributed by atoms with E-state index in [0.29, 0.717) is 18.7 Å². The number of benzene rings is 2. The van der Waals surface area contributed by atoms with Crippen LogP contribution in [0.2, 0.25) is 0 Å². The number of likely N-dealkylation sites (tertiary alicyclic amines) is 1. The highest BCUT2D eigenvalue weighted by molar-refractivity contribution is 5.95. The Morgan fingerprint density at radius 2 is 1.48 bits per heavy atom. The van der Waals surface area contributed by atoms with Crippen molar-refractivity contribution in [1.29, 1.82) is 0 Å². The Morgan fingerprint density at radius 3 is 2.04 bits per heavy atom. The lowest BCUT2D eigenvalue weighted by Gasteiger charge is -2.34. The fourth-order valence-electron chi connectivity index (χ4n) is 3.28. The summed E-state index contributed by atoms with van der Waals surface area (Å²) in [6.45, 7) is 1.18. The monoisotopic (exact) mass is 339 g/mol. The molecule has 1 aliphatic heterocycles. The van der Waals surface area contributed by atoms with Crippen molar-refractivity contribution in [1.82, 2.24) is 4.90 Å². The summed E-state index contributed by atoms with van der Waals surface area (Å²) in [6, 6.07) is 15.6. The van der Waals surface area contributed by atoms with Crippen LogP contribution >= 0.6 is 0 Å². The van der Waals surface area contributed by atoms with Gasteiger partial charge in [0, 0.05) is 18.7 Å². The van der Waals surface area contributed by atoms with Crippen LogP contribution < -0.4 is 0 Å². The summed E-state index contributed by atoms with van der Waals surface area (Å²) in [4.78, 5) is 25.2. The van der Waals surface area contributed by atoms with Gasteiger partial charge in [0.25, 0.3) is 5.91 Å². The van der Waals surface area contributed by atoms with E-state index in [2.05, 4.69) is 0 Å². The van der Waals surface area contributed by atoms with Gasteiger partial charge >= 0.3 is 5.97 Å². The minimum absolute atomic E-state index is 0.0930. The van der Waals surface area contributed by atoms with E-state index >= 15 is 0 Å². The normalized spacial score (nSPS) is 16.4. The number of rotatable bonds is 4. The average Bonchev–Trinajstić information content (AvgIpc) is 2.67. The second kappa shape index (κ2) is 7.49. The maximum absolute atomic E-state index is 12.5. The first-order chi connectivity index (χ1) is 12.1. The number of aliphatic hydroxyl groups excluding tert-OH is 1. The number of carbonyl (C=O) groups is 2. The first-order valence-corrected chi connectivity index (χ1v) is 8.42. The van der Waals surface area contributed by atoms with Crippen LogP contribution in [0.15, 0.2) is 54.6 Å². The summed E-state index contributed by atoms with van der Waals surface area (Å²) in [5.74, 6) is -0.958. The topological polar surface area (TPSA) is 77.8 Å². The van der Waals surface area contributed by atoms with E-state index in [1.54, 1.807) is 17.0 Å². The van der Waals surface area contributed by atoms with Gasteiger partial charge in [0.2, 0.25) is 0 Å². The first-order valence-electron chi connectivity index (χ1n) is 8.42. The van der Waals surface area contributed by atoms with Gasteiger partial charge < -0.3 is 15.1 Å². The summed E-state index contributed by atoms with van der Waals surface area (Å²) in [5, 5.41) is 19.4. The van der Waals surface area contributed by atoms with Crippen LogP contribution in [0.4, 0.5) is 0 Å². The minimum Gasteiger partial charge on any atom is -0.478 e. The highest BCUT2D eigenvalue weighted by Crippen LogP contribution is 2.31. The van der Waals surface area contributed by atoms with E-state index < -0.39 is 12.1 Å². The van der Waals surface area contributed by atoms with Gasteiger partial charge in [-0.25, -0.2) is 4.79 Å². The number of piperidine rings is 1. The molecule has 2 aromatic carbocycles. The van der Waals surface area contributed by atoms with Gasteiger partial charge in [-0.15, -0.1) is 0 Å². The van der Waals surface area contributed by atoms with Crippen molar-refractivity contribution in [3.05, 3.63) is 71.3 Å². The van der Waals surface area contributed by atoms with Crippen molar-refractivity contribution in [2.75, 3.05) is 13.1 Å². The Balaban J connectivity index is 1.60. The van der Waals surface area contributed by atoms with Crippen LogP contribution in [0.1, 0.15) is 45.2 Å². The third-order valence-corrected chi connectivity index (χ3v) is 4.79. The van der Waals surface area contributed by atoms with E-state index in [0.717, 1.165) is 18.4 Å².